The van der Waals surface area contributed by atoms with Crippen molar-refractivity contribution in [1.82, 2.24) is 0 Å². The summed E-state index contributed by atoms with van der Waals surface area (Å²) in [6.07, 6.45) is 3.63. The highest BCUT2D eigenvalue weighted by Gasteiger charge is 2.41. The second-order valence-electron chi connectivity index (χ2n) is 4.27. The lowest BCUT2D eigenvalue weighted by molar-refractivity contribution is -0.137. The minimum absolute atomic E-state index is 0.343. The molecule has 2 fully saturated rings. The number of hydrogen-bond donors (Lipinski definition) is 1. The van der Waals surface area contributed by atoms with Crippen molar-refractivity contribution < 1.29 is 14.6 Å². The lowest BCUT2D eigenvalue weighted by Crippen LogP contribution is -2.31. The molecule has 0 aromatic heterocycles. The first-order valence-corrected chi connectivity index (χ1v) is 6.12. The molecule has 0 aromatic carbocycles. The van der Waals surface area contributed by atoms with Gasteiger partial charge in [0, 0.05) is 24.4 Å². The summed E-state index contributed by atoms with van der Waals surface area (Å²) in [6, 6.07) is 0. The van der Waals surface area contributed by atoms with Crippen molar-refractivity contribution in [3.63, 3.8) is 0 Å². The van der Waals surface area contributed by atoms with E-state index in [4.69, 9.17) is 9.84 Å². The lowest BCUT2D eigenvalue weighted by Gasteiger charge is -2.32. The Morgan fingerprint density at radius 3 is 2.86 bits per heavy atom. The molecule has 1 N–H and O–H groups in total. The number of hydrogen-bond acceptors (Lipinski definition) is 3. The van der Waals surface area contributed by atoms with E-state index in [2.05, 4.69) is 0 Å². The van der Waals surface area contributed by atoms with Crippen molar-refractivity contribution in [3.05, 3.63) is 0 Å². The van der Waals surface area contributed by atoms with Gasteiger partial charge in [0.2, 0.25) is 0 Å². The van der Waals surface area contributed by atoms with Crippen LogP contribution in [-0.4, -0.2) is 34.8 Å². The highest BCUT2D eigenvalue weighted by atomic mass is 32.2. The van der Waals surface area contributed by atoms with Crippen molar-refractivity contribution in [1.29, 1.82) is 0 Å². The number of carboxylic acids is 1. The van der Waals surface area contributed by atoms with Gasteiger partial charge in [-0.05, 0) is 30.9 Å². The fourth-order valence-electron chi connectivity index (χ4n) is 2.41. The molecule has 1 unspecified atom stereocenters. The number of carbonyl (C=O) groups is 1. The molecule has 0 aliphatic carbocycles. The van der Waals surface area contributed by atoms with Crippen molar-refractivity contribution in [3.8, 4) is 0 Å². The Labute approximate surface area is 88.2 Å². The van der Waals surface area contributed by atoms with Gasteiger partial charge in [0.1, 0.15) is 0 Å². The molecule has 0 saturated carbocycles. The van der Waals surface area contributed by atoms with Crippen molar-refractivity contribution in [2.45, 2.75) is 30.4 Å². The van der Waals surface area contributed by atoms with Gasteiger partial charge in [-0.3, -0.25) is 4.79 Å². The highest BCUT2D eigenvalue weighted by molar-refractivity contribution is 8.00. The van der Waals surface area contributed by atoms with E-state index < -0.39 is 5.97 Å². The molecule has 80 valence electrons. The highest BCUT2D eigenvalue weighted by Crippen LogP contribution is 2.48. The van der Waals surface area contributed by atoms with Crippen LogP contribution in [0.15, 0.2) is 0 Å². The van der Waals surface area contributed by atoms with E-state index in [1.165, 1.54) is 0 Å². The summed E-state index contributed by atoms with van der Waals surface area (Å²) < 4.78 is 5.70. The van der Waals surface area contributed by atoms with Gasteiger partial charge < -0.3 is 9.84 Å². The van der Waals surface area contributed by atoms with Gasteiger partial charge in [-0.1, -0.05) is 0 Å². The molecule has 2 aliphatic rings. The molecule has 2 heterocycles. The van der Waals surface area contributed by atoms with Crippen LogP contribution >= 0.6 is 11.8 Å². The third-order valence-electron chi connectivity index (χ3n) is 3.15. The van der Waals surface area contributed by atoms with Crippen LogP contribution in [0, 0.1) is 5.92 Å². The van der Waals surface area contributed by atoms with Crippen molar-refractivity contribution >= 4 is 17.7 Å². The number of carboxylic acid groups (broad SMARTS) is 1. The Bertz CT molecular complexity index is 223. The zero-order chi connectivity index (χ0) is 10.0. The van der Waals surface area contributed by atoms with Gasteiger partial charge in [-0.25, -0.2) is 0 Å². The first kappa shape index (κ1) is 10.3. The number of thioether (sulfide) groups is 1. The van der Waals surface area contributed by atoms with Gasteiger partial charge in [0.15, 0.2) is 0 Å². The van der Waals surface area contributed by atoms with Crippen LogP contribution in [-0.2, 0) is 9.53 Å². The Balaban J connectivity index is 1.89. The Hall–Kier alpha value is -0.220. The van der Waals surface area contributed by atoms with E-state index in [0.717, 1.165) is 38.2 Å². The first-order valence-electron chi connectivity index (χ1n) is 5.14. The minimum atomic E-state index is -0.653. The summed E-state index contributed by atoms with van der Waals surface area (Å²) >= 11 is 1.97. The van der Waals surface area contributed by atoms with Gasteiger partial charge in [0.25, 0.3) is 0 Å². The van der Waals surface area contributed by atoms with E-state index >= 15 is 0 Å². The first-order chi connectivity index (χ1) is 6.70. The molecule has 0 radical (unpaired) electrons. The van der Waals surface area contributed by atoms with E-state index in [1.807, 2.05) is 11.8 Å². The van der Waals surface area contributed by atoms with Crippen molar-refractivity contribution in [2.75, 3.05) is 19.0 Å². The van der Waals surface area contributed by atoms with Gasteiger partial charge in [0.05, 0.1) is 0 Å². The second-order valence-corrected chi connectivity index (χ2v) is 5.76. The lowest BCUT2D eigenvalue weighted by atomic mass is 9.88. The maximum absolute atomic E-state index is 10.6. The van der Waals surface area contributed by atoms with E-state index in [9.17, 15) is 4.79 Å². The molecule has 3 nitrogen and oxygen atoms in total. The molecule has 2 rings (SSSR count). The summed E-state index contributed by atoms with van der Waals surface area (Å²) in [5, 5.41) is 8.73. The van der Waals surface area contributed by atoms with Crippen LogP contribution in [0.2, 0.25) is 0 Å². The van der Waals surface area contributed by atoms with Crippen LogP contribution in [0.3, 0.4) is 0 Å². The van der Waals surface area contributed by atoms with Crippen LogP contribution in [0.1, 0.15) is 25.7 Å². The SMILES string of the molecule is O=C(O)CC1CSC2(CCOCC2)C1. The van der Waals surface area contributed by atoms with Crippen molar-refractivity contribution in [2.24, 2.45) is 5.92 Å². The van der Waals surface area contributed by atoms with Gasteiger partial charge >= 0.3 is 5.97 Å². The Morgan fingerprint density at radius 2 is 2.21 bits per heavy atom. The molecular weight excluding hydrogens is 200 g/mol. The average Bonchev–Trinajstić information content (AvgIpc) is 2.49. The smallest absolute Gasteiger partial charge is 0.303 e. The zero-order valence-electron chi connectivity index (χ0n) is 8.20. The third kappa shape index (κ3) is 2.23. The summed E-state index contributed by atoms with van der Waals surface area (Å²) in [5.41, 5.74) is 0. The summed E-state index contributed by atoms with van der Waals surface area (Å²) in [7, 11) is 0. The van der Waals surface area contributed by atoms with Gasteiger partial charge in [-0.2, -0.15) is 11.8 Å². The standard InChI is InChI=1S/C10H16O3S/c11-9(12)5-8-6-10(14-7-8)1-3-13-4-2-10/h8H,1-7H2,(H,11,12). The summed E-state index contributed by atoms with van der Waals surface area (Å²) in [6.45, 7) is 1.71. The maximum atomic E-state index is 10.6. The van der Waals surface area contributed by atoms with Gasteiger partial charge in [-0.15, -0.1) is 0 Å². The molecule has 1 atom stereocenters. The van der Waals surface area contributed by atoms with Crippen LogP contribution in [0.25, 0.3) is 0 Å². The number of rotatable bonds is 2. The van der Waals surface area contributed by atoms with E-state index in [-0.39, 0.29) is 0 Å². The van der Waals surface area contributed by atoms with Crippen LogP contribution in [0.4, 0.5) is 0 Å². The molecule has 0 aromatic rings. The number of ether oxygens (including phenoxy) is 1. The topological polar surface area (TPSA) is 46.5 Å². The normalized spacial score (nSPS) is 30.7. The molecular formula is C10H16O3S. The molecule has 0 amide bonds. The summed E-state index contributed by atoms with van der Waals surface area (Å²) in [4.78, 5) is 10.6. The predicted molar refractivity (Wildman–Crippen MR) is 55.6 cm³/mol. The average molecular weight is 216 g/mol. The third-order valence-corrected chi connectivity index (χ3v) is 4.98. The van der Waals surface area contributed by atoms with Crippen LogP contribution in [0.5, 0.6) is 0 Å². The predicted octanol–water partition coefficient (Wildman–Crippen LogP) is 1.76. The van der Waals surface area contributed by atoms with E-state index in [1.54, 1.807) is 0 Å². The molecule has 1 spiro atoms. The summed E-state index contributed by atoms with van der Waals surface area (Å²) in [5.74, 6) is 0.752. The fourth-order valence-corrected chi connectivity index (χ4v) is 4.04. The maximum Gasteiger partial charge on any atom is 0.303 e. The molecule has 2 aliphatic heterocycles. The molecule has 4 heteroatoms. The largest absolute Gasteiger partial charge is 0.481 e. The second kappa shape index (κ2) is 4.11. The fraction of sp³-hybridized carbons (Fsp3) is 0.900. The Kier molecular flexibility index (Phi) is 3.02. The Morgan fingerprint density at radius 1 is 1.50 bits per heavy atom. The molecule has 0 bridgehead atoms. The van der Waals surface area contributed by atoms with Crippen LogP contribution < -0.4 is 0 Å². The number of aliphatic carboxylic acids is 1. The quantitative estimate of drug-likeness (QED) is 0.764. The minimum Gasteiger partial charge on any atom is -0.481 e. The zero-order valence-corrected chi connectivity index (χ0v) is 9.02. The van der Waals surface area contributed by atoms with E-state index in [0.29, 0.717) is 17.1 Å². The molecule has 2 saturated heterocycles. The molecule has 14 heavy (non-hydrogen) atoms. The monoisotopic (exact) mass is 216 g/mol.